The van der Waals surface area contributed by atoms with Crippen molar-refractivity contribution in [3.05, 3.63) is 28.2 Å². The van der Waals surface area contributed by atoms with Gasteiger partial charge in [0.2, 0.25) is 5.91 Å². The quantitative estimate of drug-likeness (QED) is 0.595. The number of carbonyl (C=O) groups is 1. The van der Waals surface area contributed by atoms with Gasteiger partial charge in [0, 0.05) is 31.3 Å². The van der Waals surface area contributed by atoms with Crippen LogP contribution in [-0.4, -0.2) is 21.3 Å². The fourth-order valence-corrected chi connectivity index (χ4v) is 2.76. The van der Waals surface area contributed by atoms with Crippen LogP contribution in [0.1, 0.15) is 25.1 Å². The van der Waals surface area contributed by atoms with E-state index in [-0.39, 0.29) is 11.7 Å². The Labute approximate surface area is 135 Å². The number of unbranched alkanes of at least 4 members (excludes halogenated alkanes) is 1. The standard InChI is InChI=1S/C14H16BrClFN3O/c15-9-7-12-11(8-10(9)17)19-14(4-5-16)20(12)6-2-1-3-13(18)21/h7-8H,1-6H2,(H2,18,21). The number of alkyl halides is 1. The SMILES string of the molecule is NC(=O)CCCCn1c(CCCl)nc2cc(F)c(Br)cc21. The Morgan fingerprint density at radius 3 is 2.86 bits per heavy atom. The Kier molecular flexibility index (Phi) is 5.58. The Hall–Kier alpha value is -1.14. The lowest BCUT2D eigenvalue weighted by atomic mass is 10.2. The average molecular weight is 377 g/mol. The Bertz CT molecular complexity index is 659. The van der Waals surface area contributed by atoms with Gasteiger partial charge in [0.15, 0.2) is 0 Å². The van der Waals surface area contributed by atoms with Gasteiger partial charge in [-0.3, -0.25) is 4.79 Å². The monoisotopic (exact) mass is 375 g/mol. The van der Waals surface area contributed by atoms with Crippen molar-refractivity contribution in [3.63, 3.8) is 0 Å². The number of hydrogen-bond acceptors (Lipinski definition) is 2. The number of rotatable bonds is 7. The van der Waals surface area contributed by atoms with Gasteiger partial charge in [0.05, 0.1) is 15.5 Å². The van der Waals surface area contributed by atoms with Gasteiger partial charge < -0.3 is 10.3 Å². The van der Waals surface area contributed by atoms with Gasteiger partial charge in [0.25, 0.3) is 0 Å². The fraction of sp³-hybridized carbons (Fsp3) is 0.429. The highest BCUT2D eigenvalue weighted by molar-refractivity contribution is 9.10. The number of carbonyl (C=O) groups excluding carboxylic acids is 1. The van der Waals surface area contributed by atoms with Crippen LogP contribution in [0.2, 0.25) is 0 Å². The lowest BCUT2D eigenvalue weighted by Crippen LogP contribution is -2.11. The molecule has 0 aliphatic carbocycles. The van der Waals surface area contributed by atoms with E-state index in [1.165, 1.54) is 6.07 Å². The van der Waals surface area contributed by atoms with Gasteiger partial charge in [-0.1, -0.05) is 0 Å². The van der Waals surface area contributed by atoms with Crippen LogP contribution in [0.25, 0.3) is 11.0 Å². The molecule has 2 rings (SSSR count). The third-order valence-corrected chi connectivity index (χ3v) is 4.04. The normalized spacial score (nSPS) is 11.2. The first-order chi connectivity index (χ1) is 10.0. The number of imidazole rings is 1. The van der Waals surface area contributed by atoms with E-state index >= 15 is 0 Å². The zero-order chi connectivity index (χ0) is 15.4. The molecular formula is C14H16BrClFN3O. The van der Waals surface area contributed by atoms with Gasteiger partial charge >= 0.3 is 0 Å². The van der Waals surface area contributed by atoms with Gasteiger partial charge in [-0.15, -0.1) is 11.6 Å². The van der Waals surface area contributed by atoms with Crippen LogP contribution in [0.5, 0.6) is 0 Å². The van der Waals surface area contributed by atoms with Crippen molar-refractivity contribution in [2.45, 2.75) is 32.2 Å². The number of aryl methyl sites for hydroxylation is 2. The number of aromatic nitrogens is 2. The maximum atomic E-state index is 13.6. The van der Waals surface area contributed by atoms with E-state index in [0.29, 0.717) is 35.3 Å². The summed E-state index contributed by atoms with van der Waals surface area (Å²) in [6, 6.07) is 3.14. The Morgan fingerprint density at radius 2 is 2.19 bits per heavy atom. The van der Waals surface area contributed by atoms with E-state index < -0.39 is 0 Å². The lowest BCUT2D eigenvalue weighted by Gasteiger charge is -2.08. The zero-order valence-corrected chi connectivity index (χ0v) is 13.8. The predicted octanol–water partition coefficient (Wildman–Crippen LogP) is 3.37. The van der Waals surface area contributed by atoms with Gasteiger partial charge in [-0.25, -0.2) is 9.37 Å². The summed E-state index contributed by atoms with van der Waals surface area (Å²) in [5.74, 6) is 0.653. The molecule has 0 aliphatic rings. The van der Waals surface area contributed by atoms with Crippen LogP contribution >= 0.6 is 27.5 Å². The van der Waals surface area contributed by atoms with Crippen LogP contribution in [0.3, 0.4) is 0 Å². The molecule has 0 unspecified atom stereocenters. The Balaban J connectivity index is 2.27. The molecule has 1 aromatic carbocycles. The van der Waals surface area contributed by atoms with Gasteiger partial charge in [0.1, 0.15) is 11.6 Å². The number of amides is 1. The predicted molar refractivity (Wildman–Crippen MR) is 84.9 cm³/mol. The summed E-state index contributed by atoms with van der Waals surface area (Å²) in [6.07, 6.45) is 2.51. The molecule has 0 saturated carbocycles. The number of halogens is 3. The summed E-state index contributed by atoms with van der Waals surface area (Å²) in [7, 11) is 0. The van der Waals surface area contributed by atoms with Crippen molar-refractivity contribution in [2.75, 3.05) is 5.88 Å². The highest BCUT2D eigenvalue weighted by atomic mass is 79.9. The molecule has 2 aromatic rings. The first-order valence-electron chi connectivity index (χ1n) is 6.71. The molecule has 0 bridgehead atoms. The molecule has 1 aromatic heterocycles. The second kappa shape index (κ2) is 7.22. The number of primary amides is 1. The van der Waals surface area contributed by atoms with E-state index in [1.54, 1.807) is 6.07 Å². The molecule has 1 amide bonds. The summed E-state index contributed by atoms with van der Waals surface area (Å²) in [4.78, 5) is 15.2. The first-order valence-corrected chi connectivity index (χ1v) is 8.04. The molecule has 1 heterocycles. The summed E-state index contributed by atoms with van der Waals surface area (Å²) in [6.45, 7) is 0.702. The van der Waals surface area contributed by atoms with Crippen LogP contribution in [-0.2, 0) is 17.8 Å². The van der Waals surface area contributed by atoms with Crippen molar-refractivity contribution in [1.82, 2.24) is 9.55 Å². The van der Waals surface area contributed by atoms with Crippen molar-refractivity contribution in [3.8, 4) is 0 Å². The number of nitrogens with two attached hydrogens (primary N) is 1. The third-order valence-electron chi connectivity index (χ3n) is 3.24. The van der Waals surface area contributed by atoms with Crippen molar-refractivity contribution in [2.24, 2.45) is 5.73 Å². The van der Waals surface area contributed by atoms with E-state index in [9.17, 15) is 9.18 Å². The van der Waals surface area contributed by atoms with Crippen molar-refractivity contribution in [1.29, 1.82) is 0 Å². The van der Waals surface area contributed by atoms with Gasteiger partial charge in [-0.2, -0.15) is 0 Å². The van der Waals surface area contributed by atoms with Gasteiger partial charge in [-0.05, 0) is 34.8 Å². The van der Waals surface area contributed by atoms with E-state index in [4.69, 9.17) is 17.3 Å². The third kappa shape index (κ3) is 3.95. The second-order valence-electron chi connectivity index (χ2n) is 4.80. The zero-order valence-electron chi connectivity index (χ0n) is 11.4. The van der Waals surface area contributed by atoms with E-state index in [2.05, 4.69) is 20.9 Å². The summed E-state index contributed by atoms with van der Waals surface area (Å²) in [5, 5.41) is 0. The maximum absolute atomic E-state index is 13.6. The minimum absolute atomic E-state index is 0.295. The Morgan fingerprint density at radius 1 is 1.43 bits per heavy atom. The smallest absolute Gasteiger partial charge is 0.217 e. The fourth-order valence-electron chi connectivity index (χ4n) is 2.26. The average Bonchev–Trinajstić information content (AvgIpc) is 2.73. The highest BCUT2D eigenvalue weighted by Gasteiger charge is 2.13. The molecule has 0 saturated heterocycles. The summed E-state index contributed by atoms with van der Waals surface area (Å²) in [5.41, 5.74) is 6.61. The molecule has 0 spiro atoms. The van der Waals surface area contributed by atoms with E-state index in [0.717, 1.165) is 24.2 Å². The molecule has 7 heteroatoms. The second-order valence-corrected chi connectivity index (χ2v) is 6.03. The molecule has 4 nitrogen and oxygen atoms in total. The van der Waals surface area contributed by atoms with Crippen LogP contribution in [0.15, 0.2) is 16.6 Å². The molecule has 0 atom stereocenters. The van der Waals surface area contributed by atoms with Crippen LogP contribution in [0.4, 0.5) is 4.39 Å². The molecule has 0 fully saturated rings. The number of benzene rings is 1. The lowest BCUT2D eigenvalue weighted by molar-refractivity contribution is -0.118. The summed E-state index contributed by atoms with van der Waals surface area (Å²) >= 11 is 9.00. The molecule has 114 valence electrons. The van der Waals surface area contributed by atoms with Crippen LogP contribution in [0, 0.1) is 5.82 Å². The summed E-state index contributed by atoms with van der Waals surface area (Å²) < 4.78 is 16.0. The van der Waals surface area contributed by atoms with Crippen molar-refractivity contribution < 1.29 is 9.18 Å². The minimum atomic E-state index is -0.335. The molecule has 0 aliphatic heterocycles. The van der Waals surface area contributed by atoms with Crippen LogP contribution < -0.4 is 5.73 Å². The molecule has 2 N–H and O–H groups in total. The molecule has 0 radical (unpaired) electrons. The number of nitrogens with zero attached hydrogens (tertiary/aromatic N) is 2. The molecular weight excluding hydrogens is 361 g/mol. The minimum Gasteiger partial charge on any atom is -0.370 e. The number of fused-ring (bicyclic) bond motifs is 1. The largest absolute Gasteiger partial charge is 0.370 e. The molecule has 21 heavy (non-hydrogen) atoms. The van der Waals surface area contributed by atoms with Crippen molar-refractivity contribution >= 4 is 44.5 Å². The maximum Gasteiger partial charge on any atom is 0.217 e. The topological polar surface area (TPSA) is 60.9 Å². The van der Waals surface area contributed by atoms with E-state index in [1.807, 2.05) is 4.57 Å². The number of hydrogen-bond donors (Lipinski definition) is 1. The highest BCUT2D eigenvalue weighted by Crippen LogP contribution is 2.25. The first kappa shape index (κ1) is 16.2.